The quantitative estimate of drug-likeness (QED) is 0.850. The molecule has 6 heteroatoms. The zero-order valence-electron chi connectivity index (χ0n) is 11.2. The molecule has 0 spiro atoms. The zero-order chi connectivity index (χ0) is 14.7. The van der Waals surface area contributed by atoms with Gasteiger partial charge >= 0.3 is 5.97 Å². The molecule has 1 aromatic rings. The minimum atomic E-state index is -0.805. The summed E-state index contributed by atoms with van der Waals surface area (Å²) in [6.45, 7) is 2.84. The van der Waals surface area contributed by atoms with Gasteiger partial charge in [-0.1, -0.05) is 22.0 Å². The number of carbonyl (C=O) groups excluding carboxylic acids is 1. The highest BCUT2D eigenvalue weighted by Gasteiger charge is 2.35. The summed E-state index contributed by atoms with van der Waals surface area (Å²) in [4.78, 5) is 13.9. The minimum Gasteiger partial charge on any atom is -0.465 e. The summed E-state index contributed by atoms with van der Waals surface area (Å²) < 4.78 is 19.8. The summed E-state index contributed by atoms with van der Waals surface area (Å²) >= 11 is 3.20. The van der Waals surface area contributed by atoms with Crippen LogP contribution in [0.15, 0.2) is 22.7 Å². The van der Waals surface area contributed by atoms with Crippen LogP contribution in [0.25, 0.3) is 0 Å². The predicted octanol–water partition coefficient (Wildman–Crippen LogP) is 2.26. The maximum absolute atomic E-state index is 14.1. The van der Waals surface area contributed by atoms with E-state index >= 15 is 0 Å². The molecule has 0 aromatic heterocycles. The van der Waals surface area contributed by atoms with Crippen LogP contribution < -0.4 is 0 Å². The molecule has 1 aromatic carbocycles. The molecule has 0 amide bonds. The SMILES string of the molecule is CCOC(=O)C(c1ccc(Br)cc1F)N1CCC(O)C1. The number of esters is 1. The van der Waals surface area contributed by atoms with E-state index in [0.717, 1.165) is 0 Å². The lowest BCUT2D eigenvalue weighted by Crippen LogP contribution is -2.35. The second-order valence-electron chi connectivity index (χ2n) is 4.76. The van der Waals surface area contributed by atoms with Crippen LogP contribution in [0.3, 0.4) is 0 Å². The fraction of sp³-hybridized carbons (Fsp3) is 0.500. The van der Waals surface area contributed by atoms with E-state index in [9.17, 15) is 14.3 Å². The van der Waals surface area contributed by atoms with E-state index in [1.807, 2.05) is 0 Å². The van der Waals surface area contributed by atoms with Gasteiger partial charge in [-0.05, 0) is 25.5 Å². The number of likely N-dealkylation sites (tertiary alicyclic amines) is 1. The first-order valence-electron chi connectivity index (χ1n) is 6.56. The summed E-state index contributed by atoms with van der Waals surface area (Å²) in [5, 5.41) is 9.63. The maximum atomic E-state index is 14.1. The number of β-amino-alcohol motifs (C(OH)–C–C–N with tert-alkyl or cyclic N) is 1. The largest absolute Gasteiger partial charge is 0.465 e. The second-order valence-corrected chi connectivity index (χ2v) is 5.67. The van der Waals surface area contributed by atoms with Gasteiger partial charge in [0.1, 0.15) is 11.9 Å². The molecule has 0 saturated carbocycles. The van der Waals surface area contributed by atoms with Crippen molar-refractivity contribution in [1.29, 1.82) is 0 Å². The van der Waals surface area contributed by atoms with Gasteiger partial charge in [-0.3, -0.25) is 4.90 Å². The van der Waals surface area contributed by atoms with Crippen LogP contribution in [0.2, 0.25) is 0 Å². The number of aliphatic hydroxyl groups is 1. The number of carbonyl (C=O) groups is 1. The summed E-state index contributed by atoms with van der Waals surface area (Å²) in [7, 11) is 0. The Hall–Kier alpha value is -0.980. The Morgan fingerprint density at radius 2 is 2.40 bits per heavy atom. The van der Waals surface area contributed by atoms with Crippen molar-refractivity contribution in [1.82, 2.24) is 4.90 Å². The summed E-state index contributed by atoms with van der Waals surface area (Å²) in [6.07, 6.45) is 0.0964. The minimum absolute atomic E-state index is 0.240. The first kappa shape index (κ1) is 15.4. The van der Waals surface area contributed by atoms with E-state index in [1.54, 1.807) is 24.0 Å². The van der Waals surface area contributed by atoms with Gasteiger partial charge in [0.2, 0.25) is 0 Å². The van der Waals surface area contributed by atoms with Crippen molar-refractivity contribution in [3.63, 3.8) is 0 Å². The van der Waals surface area contributed by atoms with E-state index in [0.29, 0.717) is 24.0 Å². The Morgan fingerprint density at radius 1 is 1.65 bits per heavy atom. The van der Waals surface area contributed by atoms with Gasteiger partial charge in [-0.25, -0.2) is 9.18 Å². The van der Waals surface area contributed by atoms with Gasteiger partial charge in [0, 0.05) is 23.1 Å². The fourth-order valence-corrected chi connectivity index (χ4v) is 2.75. The Labute approximate surface area is 125 Å². The van der Waals surface area contributed by atoms with Crippen LogP contribution in [-0.2, 0) is 9.53 Å². The standard InChI is InChI=1S/C14H17BrFNO3/c1-2-20-14(19)13(17-6-5-10(18)8-17)11-4-3-9(15)7-12(11)16/h3-4,7,10,13,18H,2,5-6,8H2,1H3. The molecule has 2 unspecified atom stereocenters. The number of ether oxygens (including phenoxy) is 1. The molecule has 0 aliphatic carbocycles. The fourth-order valence-electron chi connectivity index (χ4n) is 2.42. The third kappa shape index (κ3) is 3.37. The van der Waals surface area contributed by atoms with Gasteiger partial charge in [0.15, 0.2) is 0 Å². The third-order valence-electron chi connectivity index (χ3n) is 3.33. The Kier molecular flexibility index (Phi) is 5.12. The molecule has 2 rings (SSSR count). The number of nitrogens with zero attached hydrogens (tertiary/aromatic N) is 1. The topological polar surface area (TPSA) is 49.8 Å². The molecular formula is C14H17BrFNO3. The summed E-state index contributed by atoms with van der Waals surface area (Å²) in [5.74, 6) is -0.943. The first-order valence-corrected chi connectivity index (χ1v) is 7.36. The number of rotatable bonds is 4. The Bertz CT molecular complexity index is 497. The van der Waals surface area contributed by atoms with Crippen LogP contribution in [0.1, 0.15) is 24.9 Å². The van der Waals surface area contributed by atoms with Crippen LogP contribution >= 0.6 is 15.9 Å². The number of halogens is 2. The van der Waals surface area contributed by atoms with Crippen molar-refractivity contribution < 1.29 is 19.0 Å². The van der Waals surface area contributed by atoms with Crippen LogP contribution in [0.5, 0.6) is 0 Å². The highest BCUT2D eigenvalue weighted by atomic mass is 79.9. The summed E-state index contributed by atoms with van der Waals surface area (Å²) in [5.41, 5.74) is 0.278. The summed E-state index contributed by atoms with van der Waals surface area (Å²) in [6, 6.07) is 3.79. The number of hydrogen-bond acceptors (Lipinski definition) is 4. The molecule has 1 saturated heterocycles. The van der Waals surface area contributed by atoms with E-state index in [-0.39, 0.29) is 12.2 Å². The molecule has 1 heterocycles. The van der Waals surface area contributed by atoms with Crippen molar-refractivity contribution in [3.05, 3.63) is 34.1 Å². The average Bonchev–Trinajstić information content (AvgIpc) is 2.79. The van der Waals surface area contributed by atoms with Crippen molar-refractivity contribution in [2.75, 3.05) is 19.7 Å². The zero-order valence-corrected chi connectivity index (χ0v) is 12.8. The molecule has 110 valence electrons. The van der Waals surface area contributed by atoms with Crippen LogP contribution in [-0.4, -0.2) is 41.8 Å². The predicted molar refractivity (Wildman–Crippen MR) is 75.7 cm³/mol. The molecule has 4 nitrogen and oxygen atoms in total. The highest BCUT2D eigenvalue weighted by molar-refractivity contribution is 9.10. The van der Waals surface area contributed by atoms with Crippen molar-refractivity contribution in [2.45, 2.75) is 25.5 Å². The molecule has 1 aliphatic heterocycles. The number of hydrogen-bond donors (Lipinski definition) is 1. The smallest absolute Gasteiger partial charge is 0.328 e. The average molecular weight is 346 g/mol. The lowest BCUT2D eigenvalue weighted by molar-refractivity contribution is -0.149. The molecule has 2 atom stereocenters. The third-order valence-corrected chi connectivity index (χ3v) is 3.82. The molecule has 1 N–H and O–H groups in total. The van der Waals surface area contributed by atoms with E-state index in [2.05, 4.69) is 15.9 Å². The monoisotopic (exact) mass is 345 g/mol. The Balaban J connectivity index is 2.32. The first-order chi connectivity index (χ1) is 9.52. The Morgan fingerprint density at radius 3 is 2.95 bits per heavy atom. The molecule has 1 fully saturated rings. The van der Waals surface area contributed by atoms with Crippen LogP contribution in [0.4, 0.5) is 4.39 Å². The van der Waals surface area contributed by atoms with E-state index in [1.165, 1.54) is 6.07 Å². The number of benzene rings is 1. The van der Waals surface area contributed by atoms with Gasteiger partial charge in [-0.2, -0.15) is 0 Å². The molecule has 0 radical (unpaired) electrons. The van der Waals surface area contributed by atoms with Crippen LogP contribution in [0, 0.1) is 5.82 Å². The molecular weight excluding hydrogens is 329 g/mol. The lowest BCUT2D eigenvalue weighted by Gasteiger charge is -2.26. The van der Waals surface area contributed by atoms with E-state index in [4.69, 9.17) is 4.74 Å². The van der Waals surface area contributed by atoms with E-state index < -0.39 is 23.9 Å². The maximum Gasteiger partial charge on any atom is 0.328 e. The van der Waals surface area contributed by atoms with Crippen molar-refractivity contribution in [3.8, 4) is 0 Å². The number of aliphatic hydroxyl groups excluding tert-OH is 1. The molecule has 20 heavy (non-hydrogen) atoms. The van der Waals surface area contributed by atoms with Gasteiger partial charge in [-0.15, -0.1) is 0 Å². The highest BCUT2D eigenvalue weighted by Crippen LogP contribution is 2.29. The molecule has 0 bridgehead atoms. The normalized spacial score (nSPS) is 20.9. The van der Waals surface area contributed by atoms with Gasteiger partial charge in [0.05, 0.1) is 12.7 Å². The van der Waals surface area contributed by atoms with Gasteiger partial charge < -0.3 is 9.84 Å². The van der Waals surface area contributed by atoms with Crippen molar-refractivity contribution >= 4 is 21.9 Å². The second kappa shape index (κ2) is 6.65. The molecule has 1 aliphatic rings. The lowest BCUT2D eigenvalue weighted by atomic mass is 10.0. The van der Waals surface area contributed by atoms with Crippen molar-refractivity contribution in [2.24, 2.45) is 0 Å². The van der Waals surface area contributed by atoms with Gasteiger partial charge in [0.25, 0.3) is 0 Å².